The van der Waals surface area contributed by atoms with E-state index in [1.165, 1.54) is 38.5 Å². The number of likely N-dealkylation sites (N-methyl/N-ethyl adjacent to an activating group) is 1. The summed E-state index contributed by atoms with van der Waals surface area (Å²) >= 11 is 0. The van der Waals surface area contributed by atoms with Gasteiger partial charge >= 0.3 is 0 Å². The van der Waals surface area contributed by atoms with Gasteiger partial charge in [0.05, 0.1) is 6.54 Å². The van der Waals surface area contributed by atoms with Crippen LogP contribution < -0.4 is 10.6 Å². The highest BCUT2D eigenvalue weighted by atomic mass is 16.1. The predicted octanol–water partition coefficient (Wildman–Crippen LogP) is 0.975. The van der Waals surface area contributed by atoms with Gasteiger partial charge in [-0.1, -0.05) is 0 Å². The van der Waals surface area contributed by atoms with E-state index in [-0.39, 0.29) is 5.91 Å². The molecule has 4 heteroatoms. The molecule has 3 aliphatic rings. The Bertz CT molecular complexity index is 305. The van der Waals surface area contributed by atoms with Crippen LogP contribution in [0.15, 0.2) is 0 Å². The quantitative estimate of drug-likeness (QED) is 0.752. The predicted molar refractivity (Wildman–Crippen MR) is 75.9 cm³/mol. The first-order valence-electron chi connectivity index (χ1n) is 7.95. The van der Waals surface area contributed by atoms with Crippen molar-refractivity contribution in [1.82, 2.24) is 15.5 Å². The lowest BCUT2D eigenvalue weighted by Crippen LogP contribution is -2.49. The second-order valence-electron chi connectivity index (χ2n) is 6.59. The molecule has 0 bridgehead atoms. The van der Waals surface area contributed by atoms with Crippen LogP contribution in [0.4, 0.5) is 0 Å². The van der Waals surface area contributed by atoms with E-state index in [0.29, 0.717) is 12.6 Å². The first kappa shape index (κ1) is 13.4. The van der Waals surface area contributed by atoms with Crippen LogP contribution in [0.2, 0.25) is 0 Å². The minimum Gasteiger partial charge on any atom is -0.358 e. The van der Waals surface area contributed by atoms with Crippen LogP contribution >= 0.6 is 0 Å². The Balaban J connectivity index is 1.41. The summed E-state index contributed by atoms with van der Waals surface area (Å²) in [6, 6.07) is 1.50. The minimum atomic E-state index is 0.139. The molecule has 0 radical (unpaired) electrons. The third-order valence-electron chi connectivity index (χ3n) is 4.92. The van der Waals surface area contributed by atoms with E-state index in [1.807, 2.05) is 0 Å². The Hall–Kier alpha value is -0.610. The van der Waals surface area contributed by atoms with Crippen LogP contribution in [0, 0.1) is 11.8 Å². The van der Waals surface area contributed by atoms with Gasteiger partial charge in [0.25, 0.3) is 0 Å². The zero-order valence-corrected chi connectivity index (χ0v) is 12.0. The Morgan fingerprint density at radius 2 is 1.68 bits per heavy atom. The fourth-order valence-corrected chi connectivity index (χ4v) is 3.38. The molecule has 1 saturated heterocycles. The normalized spacial score (nSPS) is 25.8. The van der Waals surface area contributed by atoms with Crippen molar-refractivity contribution < 1.29 is 4.79 Å². The van der Waals surface area contributed by atoms with Gasteiger partial charge in [0.1, 0.15) is 0 Å². The van der Waals surface area contributed by atoms with Gasteiger partial charge in [0.2, 0.25) is 5.91 Å². The summed E-state index contributed by atoms with van der Waals surface area (Å²) in [5.74, 6) is 2.10. The average molecular weight is 265 g/mol. The summed E-state index contributed by atoms with van der Waals surface area (Å²) in [4.78, 5) is 13.6. The number of carbonyl (C=O) groups excluding carboxylic acids is 1. The molecule has 3 fully saturated rings. The Morgan fingerprint density at radius 3 is 2.16 bits per heavy atom. The van der Waals surface area contributed by atoms with Crippen molar-refractivity contribution in [3.8, 4) is 0 Å². The van der Waals surface area contributed by atoms with E-state index < -0.39 is 0 Å². The molecule has 0 aromatic carbocycles. The molecule has 4 nitrogen and oxygen atoms in total. The highest BCUT2D eigenvalue weighted by Crippen LogP contribution is 2.44. The summed E-state index contributed by atoms with van der Waals surface area (Å²) in [7, 11) is 1.71. The SMILES string of the molecule is CNC(=O)CN1CCC(NC(C2CC2)C2CC2)CC1. The van der Waals surface area contributed by atoms with Crippen molar-refractivity contribution >= 4 is 5.91 Å². The lowest BCUT2D eigenvalue weighted by molar-refractivity contribution is -0.122. The summed E-state index contributed by atoms with van der Waals surface area (Å²) in [5.41, 5.74) is 0. The summed E-state index contributed by atoms with van der Waals surface area (Å²) in [6.45, 7) is 2.69. The van der Waals surface area contributed by atoms with E-state index in [1.54, 1.807) is 7.05 Å². The number of nitrogens with one attached hydrogen (secondary N) is 2. The Labute approximate surface area is 116 Å². The van der Waals surface area contributed by atoms with Crippen molar-refractivity contribution in [1.29, 1.82) is 0 Å². The Kier molecular flexibility index (Phi) is 4.08. The molecule has 0 spiro atoms. The third kappa shape index (κ3) is 3.69. The maximum absolute atomic E-state index is 11.4. The van der Waals surface area contributed by atoms with Gasteiger partial charge in [-0.05, 0) is 50.4 Å². The van der Waals surface area contributed by atoms with E-state index >= 15 is 0 Å². The van der Waals surface area contributed by atoms with Crippen molar-refractivity contribution in [3.63, 3.8) is 0 Å². The van der Waals surface area contributed by atoms with Crippen molar-refractivity contribution in [2.75, 3.05) is 26.7 Å². The van der Waals surface area contributed by atoms with Crippen LogP contribution in [0.1, 0.15) is 38.5 Å². The molecule has 2 saturated carbocycles. The standard InChI is InChI=1S/C15H27N3O/c1-16-14(19)10-18-8-6-13(7-9-18)17-15(11-2-3-11)12-4-5-12/h11-13,15,17H,2-10H2,1H3,(H,16,19). The van der Waals surface area contributed by atoms with Crippen LogP contribution in [0.5, 0.6) is 0 Å². The van der Waals surface area contributed by atoms with Crippen molar-refractivity contribution in [2.45, 2.75) is 50.6 Å². The Morgan fingerprint density at radius 1 is 1.11 bits per heavy atom. The van der Waals surface area contributed by atoms with Gasteiger partial charge in [-0.2, -0.15) is 0 Å². The fourth-order valence-electron chi connectivity index (χ4n) is 3.38. The zero-order chi connectivity index (χ0) is 13.2. The van der Waals surface area contributed by atoms with Crippen molar-refractivity contribution in [3.05, 3.63) is 0 Å². The molecule has 1 amide bonds. The van der Waals surface area contributed by atoms with E-state index in [4.69, 9.17) is 0 Å². The first-order valence-corrected chi connectivity index (χ1v) is 7.95. The molecular weight excluding hydrogens is 238 g/mol. The van der Waals surface area contributed by atoms with Gasteiger partial charge < -0.3 is 10.6 Å². The average Bonchev–Trinajstić information content (AvgIpc) is 3.30. The highest BCUT2D eigenvalue weighted by molar-refractivity contribution is 5.77. The summed E-state index contributed by atoms with van der Waals surface area (Å²) in [6.07, 6.45) is 8.20. The molecule has 0 unspecified atom stereocenters. The van der Waals surface area contributed by atoms with E-state index in [0.717, 1.165) is 31.0 Å². The largest absolute Gasteiger partial charge is 0.358 e. The molecule has 1 aliphatic heterocycles. The second-order valence-corrected chi connectivity index (χ2v) is 6.59. The number of carbonyl (C=O) groups is 1. The molecule has 0 aromatic rings. The number of nitrogens with zero attached hydrogens (tertiary/aromatic N) is 1. The summed E-state index contributed by atoms with van der Waals surface area (Å²) in [5, 5.41) is 6.65. The van der Waals surface area contributed by atoms with Gasteiger partial charge in [0, 0.05) is 32.2 Å². The molecule has 2 N–H and O–H groups in total. The number of hydrogen-bond donors (Lipinski definition) is 2. The van der Waals surface area contributed by atoms with Crippen LogP contribution in [-0.4, -0.2) is 49.6 Å². The number of likely N-dealkylation sites (tertiary alicyclic amines) is 1. The first-order chi connectivity index (χ1) is 9.26. The number of amides is 1. The lowest BCUT2D eigenvalue weighted by Gasteiger charge is -2.34. The maximum Gasteiger partial charge on any atom is 0.233 e. The fraction of sp³-hybridized carbons (Fsp3) is 0.933. The maximum atomic E-state index is 11.4. The van der Waals surface area contributed by atoms with Crippen LogP contribution in [-0.2, 0) is 4.79 Å². The molecule has 3 rings (SSSR count). The lowest BCUT2D eigenvalue weighted by atomic mass is 10.0. The number of rotatable bonds is 6. The van der Waals surface area contributed by atoms with Gasteiger partial charge in [0.15, 0.2) is 0 Å². The topological polar surface area (TPSA) is 44.4 Å². The smallest absolute Gasteiger partial charge is 0.233 e. The van der Waals surface area contributed by atoms with E-state index in [2.05, 4.69) is 15.5 Å². The number of piperidine rings is 1. The zero-order valence-electron chi connectivity index (χ0n) is 12.0. The van der Waals surface area contributed by atoms with Gasteiger partial charge in [-0.3, -0.25) is 9.69 Å². The molecule has 2 aliphatic carbocycles. The van der Waals surface area contributed by atoms with Crippen LogP contribution in [0.25, 0.3) is 0 Å². The van der Waals surface area contributed by atoms with Gasteiger partial charge in [-0.15, -0.1) is 0 Å². The molecule has 0 aromatic heterocycles. The molecule has 108 valence electrons. The second kappa shape index (κ2) is 5.80. The molecule has 19 heavy (non-hydrogen) atoms. The molecular formula is C15H27N3O. The van der Waals surface area contributed by atoms with Crippen molar-refractivity contribution in [2.24, 2.45) is 11.8 Å². The third-order valence-corrected chi connectivity index (χ3v) is 4.92. The molecule has 1 heterocycles. The molecule has 0 atom stereocenters. The van der Waals surface area contributed by atoms with Crippen LogP contribution in [0.3, 0.4) is 0 Å². The number of hydrogen-bond acceptors (Lipinski definition) is 3. The summed E-state index contributed by atoms with van der Waals surface area (Å²) < 4.78 is 0. The highest BCUT2D eigenvalue weighted by Gasteiger charge is 2.42. The minimum absolute atomic E-state index is 0.139. The van der Waals surface area contributed by atoms with Gasteiger partial charge in [-0.25, -0.2) is 0 Å². The van der Waals surface area contributed by atoms with E-state index in [9.17, 15) is 4.79 Å². The monoisotopic (exact) mass is 265 g/mol.